The number of carbonyl (C=O) groups excluding carboxylic acids is 2. The van der Waals surface area contributed by atoms with Crippen molar-refractivity contribution in [3.05, 3.63) is 53.2 Å². The van der Waals surface area contributed by atoms with E-state index in [0.717, 1.165) is 50.8 Å². The molecule has 0 bridgehead atoms. The second-order valence-corrected chi connectivity index (χ2v) is 8.78. The highest BCUT2D eigenvalue weighted by molar-refractivity contribution is 5.93. The third kappa shape index (κ3) is 4.68. The van der Waals surface area contributed by atoms with Gasteiger partial charge in [0.25, 0.3) is 5.91 Å². The van der Waals surface area contributed by atoms with Crippen molar-refractivity contribution in [3.63, 3.8) is 0 Å². The molecule has 0 radical (unpaired) electrons. The first-order chi connectivity index (χ1) is 15.1. The molecule has 31 heavy (non-hydrogen) atoms. The fourth-order valence-electron chi connectivity index (χ4n) is 4.84. The minimum absolute atomic E-state index is 0.00605. The summed E-state index contributed by atoms with van der Waals surface area (Å²) in [6, 6.07) is 10.0. The van der Waals surface area contributed by atoms with Gasteiger partial charge in [0, 0.05) is 32.1 Å². The van der Waals surface area contributed by atoms with E-state index < -0.39 is 0 Å². The summed E-state index contributed by atoms with van der Waals surface area (Å²) in [7, 11) is 0. The zero-order valence-electron chi connectivity index (χ0n) is 18.7. The molecule has 6 nitrogen and oxygen atoms in total. The predicted molar refractivity (Wildman–Crippen MR) is 119 cm³/mol. The normalized spacial score (nSPS) is 18.8. The van der Waals surface area contributed by atoms with Gasteiger partial charge in [0.2, 0.25) is 5.91 Å². The van der Waals surface area contributed by atoms with E-state index in [-0.39, 0.29) is 23.7 Å². The Balaban J connectivity index is 1.38. The molecule has 2 aliphatic rings. The first kappa shape index (κ1) is 21.6. The number of rotatable bonds is 5. The Kier molecular flexibility index (Phi) is 6.73. The number of benzene rings is 1. The molecule has 2 fully saturated rings. The van der Waals surface area contributed by atoms with Crippen LogP contribution in [0.15, 0.2) is 34.7 Å². The lowest BCUT2D eigenvalue weighted by atomic mass is 9.92. The van der Waals surface area contributed by atoms with E-state index in [1.807, 2.05) is 47.1 Å². The Morgan fingerprint density at radius 3 is 2.35 bits per heavy atom. The zero-order valence-corrected chi connectivity index (χ0v) is 18.7. The summed E-state index contributed by atoms with van der Waals surface area (Å²) in [5.41, 5.74) is 1.55. The summed E-state index contributed by atoms with van der Waals surface area (Å²) >= 11 is 0. The van der Waals surface area contributed by atoms with Crippen molar-refractivity contribution in [2.24, 2.45) is 0 Å². The Morgan fingerprint density at radius 1 is 1.03 bits per heavy atom. The van der Waals surface area contributed by atoms with Gasteiger partial charge in [-0.15, -0.1) is 0 Å². The molecular weight excluding hydrogens is 390 g/mol. The fraction of sp³-hybridized carbons (Fsp3) is 0.560. The van der Waals surface area contributed by atoms with Crippen molar-refractivity contribution >= 4 is 11.8 Å². The van der Waals surface area contributed by atoms with Crippen molar-refractivity contribution in [1.82, 2.24) is 14.8 Å². The Labute approximate surface area is 184 Å². The van der Waals surface area contributed by atoms with Crippen LogP contribution in [0.3, 0.4) is 0 Å². The number of aryl methyl sites for hydroxylation is 1. The Hall–Kier alpha value is -2.63. The van der Waals surface area contributed by atoms with E-state index in [4.69, 9.17) is 4.42 Å². The van der Waals surface area contributed by atoms with Crippen LogP contribution in [-0.4, -0.2) is 52.8 Å². The first-order valence-corrected chi connectivity index (χ1v) is 11.7. The van der Waals surface area contributed by atoms with Gasteiger partial charge >= 0.3 is 0 Å². The van der Waals surface area contributed by atoms with Crippen LogP contribution in [0.25, 0.3) is 0 Å². The molecule has 0 saturated carbocycles. The molecule has 1 aromatic carbocycles. The van der Waals surface area contributed by atoms with Crippen LogP contribution >= 0.6 is 0 Å². The number of piperidine rings is 2. The highest BCUT2D eigenvalue weighted by Crippen LogP contribution is 2.31. The zero-order chi connectivity index (χ0) is 21.8. The summed E-state index contributed by atoms with van der Waals surface area (Å²) in [5.74, 6) is 1.53. The number of likely N-dealkylation sites (tertiary alicyclic amines) is 2. The molecule has 1 atom stereocenters. The lowest BCUT2D eigenvalue weighted by Gasteiger charge is -2.33. The van der Waals surface area contributed by atoms with Crippen LogP contribution in [0, 0.1) is 6.92 Å². The number of amides is 2. The molecule has 2 aromatic rings. The summed E-state index contributed by atoms with van der Waals surface area (Å²) in [6.45, 7) is 6.91. The smallest absolute Gasteiger partial charge is 0.276 e. The van der Waals surface area contributed by atoms with Gasteiger partial charge in [0.15, 0.2) is 11.6 Å². The topological polar surface area (TPSA) is 66.7 Å². The third-order valence-corrected chi connectivity index (χ3v) is 6.72. The van der Waals surface area contributed by atoms with Crippen molar-refractivity contribution in [2.45, 2.75) is 64.2 Å². The molecule has 1 aromatic heterocycles. The van der Waals surface area contributed by atoms with Gasteiger partial charge in [-0.3, -0.25) is 9.59 Å². The SMILES string of the molecule is CCC(C(=O)N1CCC(c2nc(C(=O)N3CCCCC3)c(C)o2)CC1)c1ccccc1. The highest BCUT2D eigenvalue weighted by atomic mass is 16.4. The molecule has 166 valence electrons. The lowest BCUT2D eigenvalue weighted by Crippen LogP contribution is -2.40. The average Bonchev–Trinajstić information content (AvgIpc) is 3.22. The summed E-state index contributed by atoms with van der Waals surface area (Å²) < 4.78 is 5.94. The van der Waals surface area contributed by atoms with Crippen LogP contribution in [0.1, 0.15) is 85.0 Å². The fourth-order valence-corrected chi connectivity index (χ4v) is 4.84. The molecule has 2 amide bonds. The van der Waals surface area contributed by atoms with Crippen molar-refractivity contribution in [3.8, 4) is 0 Å². The van der Waals surface area contributed by atoms with Gasteiger partial charge in [-0.1, -0.05) is 37.3 Å². The van der Waals surface area contributed by atoms with Crippen LogP contribution in [0.2, 0.25) is 0 Å². The standard InChI is InChI=1S/C25H33N3O3/c1-3-21(19-10-6-4-7-11-19)24(29)28-16-12-20(13-17-28)23-26-22(18(2)31-23)25(30)27-14-8-5-9-15-27/h4,6-7,10-11,20-21H,3,5,8-9,12-17H2,1-2H3. The third-order valence-electron chi connectivity index (χ3n) is 6.72. The molecular formula is C25H33N3O3. The average molecular weight is 424 g/mol. The van der Waals surface area contributed by atoms with Crippen LogP contribution in [0.5, 0.6) is 0 Å². The molecule has 3 heterocycles. The van der Waals surface area contributed by atoms with E-state index >= 15 is 0 Å². The number of hydrogen-bond acceptors (Lipinski definition) is 4. The minimum atomic E-state index is -0.0875. The number of hydrogen-bond donors (Lipinski definition) is 0. The molecule has 4 rings (SSSR count). The van der Waals surface area contributed by atoms with Crippen LogP contribution in [0.4, 0.5) is 0 Å². The molecule has 2 aliphatic heterocycles. The number of nitrogens with zero attached hydrogens (tertiary/aromatic N) is 3. The van der Waals surface area contributed by atoms with Gasteiger partial charge in [-0.2, -0.15) is 0 Å². The second kappa shape index (κ2) is 9.67. The van der Waals surface area contributed by atoms with Gasteiger partial charge < -0.3 is 14.2 Å². The number of carbonyl (C=O) groups is 2. The summed E-state index contributed by atoms with van der Waals surface area (Å²) in [6.07, 6.45) is 5.73. The van der Waals surface area contributed by atoms with Crippen LogP contribution in [-0.2, 0) is 4.79 Å². The lowest BCUT2D eigenvalue weighted by molar-refractivity contribution is -0.134. The van der Waals surface area contributed by atoms with Gasteiger partial charge in [-0.05, 0) is 51.0 Å². The quantitative estimate of drug-likeness (QED) is 0.710. The maximum atomic E-state index is 13.1. The van der Waals surface area contributed by atoms with Crippen molar-refractivity contribution < 1.29 is 14.0 Å². The number of oxazole rings is 1. The molecule has 0 aliphatic carbocycles. The Morgan fingerprint density at radius 2 is 1.71 bits per heavy atom. The monoisotopic (exact) mass is 423 g/mol. The predicted octanol–water partition coefficient (Wildman–Crippen LogP) is 4.51. The number of aromatic nitrogens is 1. The van der Waals surface area contributed by atoms with Crippen molar-refractivity contribution in [2.75, 3.05) is 26.2 Å². The summed E-state index contributed by atoms with van der Waals surface area (Å²) in [4.78, 5) is 34.5. The van der Waals surface area contributed by atoms with Crippen molar-refractivity contribution in [1.29, 1.82) is 0 Å². The van der Waals surface area contributed by atoms with Gasteiger partial charge in [0.1, 0.15) is 5.76 Å². The first-order valence-electron chi connectivity index (χ1n) is 11.7. The van der Waals surface area contributed by atoms with E-state index in [2.05, 4.69) is 11.9 Å². The van der Waals surface area contributed by atoms with Gasteiger partial charge in [-0.25, -0.2) is 4.98 Å². The van der Waals surface area contributed by atoms with E-state index in [0.29, 0.717) is 30.4 Å². The molecule has 2 saturated heterocycles. The van der Waals surface area contributed by atoms with Gasteiger partial charge in [0.05, 0.1) is 5.92 Å². The van der Waals surface area contributed by atoms with E-state index in [1.165, 1.54) is 6.42 Å². The molecule has 0 spiro atoms. The largest absolute Gasteiger partial charge is 0.445 e. The minimum Gasteiger partial charge on any atom is -0.445 e. The Bertz CT molecular complexity index is 894. The molecule has 1 unspecified atom stereocenters. The van der Waals surface area contributed by atoms with Crippen LogP contribution < -0.4 is 0 Å². The molecule has 6 heteroatoms. The van der Waals surface area contributed by atoms with E-state index in [1.54, 1.807) is 0 Å². The van der Waals surface area contributed by atoms with E-state index in [9.17, 15) is 9.59 Å². The highest BCUT2D eigenvalue weighted by Gasteiger charge is 2.32. The maximum absolute atomic E-state index is 13.1. The maximum Gasteiger partial charge on any atom is 0.276 e. The summed E-state index contributed by atoms with van der Waals surface area (Å²) in [5, 5.41) is 0. The molecule has 0 N–H and O–H groups in total. The second-order valence-electron chi connectivity index (χ2n) is 8.78.